The van der Waals surface area contributed by atoms with Crippen LogP contribution in [0.1, 0.15) is 87.4 Å². The van der Waals surface area contributed by atoms with Crippen molar-refractivity contribution < 1.29 is 29.6 Å². The molecule has 1 heterocycles. The zero-order valence-electron chi connectivity index (χ0n) is 21.0. The Bertz CT molecular complexity index is 1380. The molecule has 8 heteroatoms. The van der Waals surface area contributed by atoms with E-state index in [0.29, 0.717) is 45.8 Å². The van der Waals surface area contributed by atoms with E-state index in [0.717, 1.165) is 11.1 Å². The fraction of sp³-hybridized carbons (Fsp3) is 0.310. The number of phenolic OH excluding ortho intramolecular Hbond substituents is 2. The van der Waals surface area contributed by atoms with Crippen molar-refractivity contribution >= 4 is 43.8 Å². The van der Waals surface area contributed by atoms with Crippen LogP contribution in [0.2, 0.25) is 0 Å². The summed E-state index contributed by atoms with van der Waals surface area (Å²) < 4.78 is 7.08. The van der Waals surface area contributed by atoms with Gasteiger partial charge in [-0.25, -0.2) is 9.59 Å². The first-order valence-corrected chi connectivity index (χ1v) is 13.8. The Hall–Kier alpha value is -2.84. The Morgan fingerprint density at radius 2 is 1.27 bits per heavy atom. The van der Waals surface area contributed by atoms with Gasteiger partial charge in [-0.05, 0) is 91.9 Å². The van der Waals surface area contributed by atoms with Gasteiger partial charge in [0.15, 0.2) is 5.60 Å². The summed E-state index contributed by atoms with van der Waals surface area (Å²) in [7, 11) is 0. The standard InChI is InChI=1S/C29H28Br2O6/c1-5-14-12-16(7-3)23(30)25(32)20(14)29(21-15(6-2)13-17(8-4)24(31)26(21)33)22-18(27(34)35)10-9-11-19(22)28(36)37-29/h9-13,32-33H,5-8H2,1-4H3,(H,34,35). The van der Waals surface area contributed by atoms with Crippen LogP contribution in [-0.4, -0.2) is 27.3 Å². The monoisotopic (exact) mass is 630 g/mol. The molecule has 0 aromatic heterocycles. The predicted molar refractivity (Wildman–Crippen MR) is 148 cm³/mol. The topological polar surface area (TPSA) is 104 Å². The lowest BCUT2D eigenvalue weighted by Gasteiger charge is -2.36. The number of carbonyl (C=O) groups excluding carboxylic acids is 1. The van der Waals surface area contributed by atoms with Gasteiger partial charge in [0.05, 0.1) is 31.2 Å². The second-order valence-corrected chi connectivity index (χ2v) is 10.6. The first-order chi connectivity index (χ1) is 17.6. The van der Waals surface area contributed by atoms with Crippen molar-refractivity contribution in [2.75, 3.05) is 0 Å². The average Bonchev–Trinajstić information content (AvgIpc) is 3.19. The maximum atomic E-state index is 13.4. The summed E-state index contributed by atoms with van der Waals surface area (Å²) in [5, 5.41) is 33.6. The smallest absolute Gasteiger partial charge is 0.340 e. The number of aromatic carboxylic acids is 1. The largest absolute Gasteiger partial charge is 0.506 e. The molecular formula is C29H28Br2O6. The molecule has 3 aromatic rings. The molecule has 3 N–H and O–H groups in total. The van der Waals surface area contributed by atoms with Crippen LogP contribution >= 0.6 is 31.9 Å². The van der Waals surface area contributed by atoms with Gasteiger partial charge in [-0.3, -0.25) is 0 Å². The van der Waals surface area contributed by atoms with Gasteiger partial charge in [-0.2, -0.15) is 0 Å². The molecule has 0 amide bonds. The second-order valence-electron chi connectivity index (χ2n) is 8.98. The molecule has 0 radical (unpaired) electrons. The van der Waals surface area contributed by atoms with Gasteiger partial charge in [-0.15, -0.1) is 0 Å². The average molecular weight is 632 g/mol. The van der Waals surface area contributed by atoms with Crippen LogP contribution in [0.4, 0.5) is 0 Å². The van der Waals surface area contributed by atoms with Gasteiger partial charge in [0.25, 0.3) is 0 Å². The number of phenols is 2. The van der Waals surface area contributed by atoms with E-state index >= 15 is 0 Å². The Morgan fingerprint density at radius 3 is 1.68 bits per heavy atom. The van der Waals surface area contributed by atoms with E-state index in [9.17, 15) is 24.9 Å². The van der Waals surface area contributed by atoms with Crippen molar-refractivity contribution in [3.8, 4) is 11.5 Å². The Morgan fingerprint density at radius 1 is 0.811 bits per heavy atom. The van der Waals surface area contributed by atoms with Gasteiger partial charge in [-0.1, -0.05) is 45.9 Å². The second kappa shape index (κ2) is 10.1. The number of esters is 1. The molecule has 0 unspecified atom stereocenters. The lowest BCUT2D eigenvalue weighted by atomic mass is 9.72. The normalized spacial score (nSPS) is 13.9. The zero-order chi connectivity index (χ0) is 27.2. The maximum absolute atomic E-state index is 13.4. The molecule has 0 aliphatic carbocycles. The minimum Gasteiger partial charge on any atom is -0.506 e. The minimum absolute atomic E-state index is 0.0780. The molecule has 194 valence electrons. The number of carboxylic acids is 1. The predicted octanol–water partition coefficient (Wildman–Crippen LogP) is 7.03. The molecule has 0 saturated carbocycles. The first-order valence-electron chi connectivity index (χ1n) is 12.3. The van der Waals surface area contributed by atoms with Gasteiger partial charge >= 0.3 is 11.9 Å². The SMILES string of the molecule is CCc1cc(CC)c(C2(c3c(CC)cc(CC)c(Br)c3O)OC(=O)c3cccc(C(=O)O)c32)c(O)c1Br. The third-order valence-electron chi connectivity index (χ3n) is 7.13. The van der Waals surface area contributed by atoms with Gasteiger partial charge in [0, 0.05) is 5.56 Å². The van der Waals surface area contributed by atoms with Gasteiger partial charge in [0.1, 0.15) is 11.5 Å². The number of aryl methyl sites for hydroxylation is 4. The number of cyclic esters (lactones) is 1. The highest BCUT2D eigenvalue weighted by Crippen LogP contribution is 2.57. The fourth-order valence-corrected chi connectivity index (χ4v) is 6.57. The Balaban J connectivity index is 2.34. The number of rotatable bonds is 7. The molecule has 6 nitrogen and oxygen atoms in total. The third kappa shape index (κ3) is 3.96. The number of carboxylic acid groups (broad SMARTS) is 1. The van der Waals surface area contributed by atoms with E-state index in [1.54, 1.807) is 0 Å². The van der Waals surface area contributed by atoms with E-state index in [1.165, 1.54) is 18.2 Å². The lowest BCUT2D eigenvalue weighted by Crippen LogP contribution is -2.34. The van der Waals surface area contributed by atoms with Crippen LogP contribution in [0.5, 0.6) is 11.5 Å². The number of hydrogen-bond acceptors (Lipinski definition) is 5. The quantitative estimate of drug-likeness (QED) is 0.242. The summed E-state index contributed by atoms with van der Waals surface area (Å²) in [6.07, 6.45) is 2.19. The summed E-state index contributed by atoms with van der Waals surface area (Å²) in [6, 6.07) is 8.27. The van der Waals surface area contributed by atoms with E-state index in [4.69, 9.17) is 4.74 Å². The number of carbonyl (C=O) groups is 2. The van der Waals surface area contributed by atoms with Crippen molar-refractivity contribution in [1.82, 2.24) is 0 Å². The van der Waals surface area contributed by atoms with Crippen molar-refractivity contribution in [2.45, 2.75) is 59.0 Å². The Labute approximate surface area is 232 Å². The molecule has 4 rings (SSSR count). The molecule has 0 saturated heterocycles. The van der Waals surface area contributed by atoms with Gasteiger partial charge < -0.3 is 20.1 Å². The zero-order valence-corrected chi connectivity index (χ0v) is 24.2. The molecular weight excluding hydrogens is 604 g/mol. The van der Waals surface area contributed by atoms with E-state index in [1.807, 2.05) is 39.8 Å². The highest BCUT2D eigenvalue weighted by molar-refractivity contribution is 9.11. The number of ether oxygens (including phenoxy) is 1. The summed E-state index contributed by atoms with van der Waals surface area (Å²) in [5.41, 5.74) is 1.66. The van der Waals surface area contributed by atoms with Crippen LogP contribution in [0, 0.1) is 0 Å². The Kier molecular flexibility index (Phi) is 7.45. The van der Waals surface area contributed by atoms with E-state index in [-0.39, 0.29) is 39.3 Å². The van der Waals surface area contributed by atoms with Crippen LogP contribution < -0.4 is 0 Å². The summed E-state index contributed by atoms with van der Waals surface area (Å²) in [6.45, 7) is 7.75. The summed E-state index contributed by atoms with van der Waals surface area (Å²) in [5.74, 6) is -2.29. The minimum atomic E-state index is -1.91. The van der Waals surface area contributed by atoms with Crippen LogP contribution in [0.3, 0.4) is 0 Å². The molecule has 3 aromatic carbocycles. The molecule has 1 aliphatic rings. The van der Waals surface area contributed by atoms with Crippen LogP contribution in [-0.2, 0) is 36.0 Å². The third-order valence-corrected chi connectivity index (χ3v) is 8.90. The summed E-state index contributed by atoms with van der Waals surface area (Å²) in [4.78, 5) is 26.0. The van der Waals surface area contributed by atoms with Crippen LogP contribution in [0.15, 0.2) is 39.3 Å². The number of halogens is 2. The molecule has 37 heavy (non-hydrogen) atoms. The van der Waals surface area contributed by atoms with Crippen molar-refractivity contribution in [2.24, 2.45) is 0 Å². The number of aromatic hydroxyl groups is 2. The van der Waals surface area contributed by atoms with Crippen molar-refractivity contribution in [3.63, 3.8) is 0 Å². The summed E-state index contributed by atoms with van der Waals surface area (Å²) >= 11 is 7.03. The molecule has 0 fully saturated rings. The number of fused-ring (bicyclic) bond motifs is 1. The lowest BCUT2D eigenvalue weighted by molar-refractivity contribution is 0.0228. The first kappa shape index (κ1) is 27.2. The molecule has 0 spiro atoms. The molecule has 1 aliphatic heterocycles. The van der Waals surface area contributed by atoms with E-state index < -0.39 is 17.5 Å². The maximum Gasteiger partial charge on any atom is 0.340 e. The fourth-order valence-electron chi connectivity index (χ4n) is 5.38. The van der Waals surface area contributed by atoms with Crippen molar-refractivity contribution in [3.05, 3.63) is 89.3 Å². The van der Waals surface area contributed by atoms with Gasteiger partial charge in [0.2, 0.25) is 0 Å². The number of hydrogen-bond donors (Lipinski definition) is 3. The number of benzene rings is 3. The van der Waals surface area contributed by atoms with E-state index in [2.05, 4.69) is 31.9 Å². The molecule has 0 bridgehead atoms. The van der Waals surface area contributed by atoms with Crippen molar-refractivity contribution in [1.29, 1.82) is 0 Å². The van der Waals surface area contributed by atoms with Crippen LogP contribution in [0.25, 0.3) is 0 Å². The highest BCUT2D eigenvalue weighted by Gasteiger charge is 2.55. The molecule has 0 atom stereocenters. The highest BCUT2D eigenvalue weighted by atomic mass is 79.9.